The number of aryl methyl sites for hydroxylation is 1. The fraction of sp³-hybridized carbons (Fsp3) is 0.647. The van der Waals surface area contributed by atoms with E-state index >= 15 is 0 Å². The van der Waals surface area contributed by atoms with Gasteiger partial charge in [0, 0.05) is 0 Å². The van der Waals surface area contributed by atoms with E-state index < -0.39 is 0 Å². The van der Waals surface area contributed by atoms with Crippen molar-refractivity contribution in [3.05, 3.63) is 35.4 Å². The highest BCUT2D eigenvalue weighted by atomic mass is 14.3. The zero-order valence-electron chi connectivity index (χ0n) is 12.4. The Balaban J connectivity index is 2.74. The molecule has 17 heavy (non-hydrogen) atoms. The van der Waals surface area contributed by atoms with Crippen LogP contribution in [0.15, 0.2) is 24.3 Å². The van der Waals surface area contributed by atoms with Gasteiger partial charge in [0.1, 0.15) is 0 Å². The molecule has 0 N–H and O–H groups in total. The van der Waals surface area contributed by atoms with Crippen molar-refractivity contribution in [1.29, 1.82) is 0 Å². The van der Waals surface area contributed by atoms with Gasteiger partial charge in [-0.2, -0.15) is 0 Å². The summed E-state index contributed by atoms with van der Waals surface area (Å²) in [5, 5.41) is 0. The Kier molecular flexibility index (Phi) is 4.80. The van der Waals surface area contributed by atoms with Gasteiger partial charge < -0.3 is 0 Å². The molecule has 0 radical (unpaired) electrons. The highest BCUT2D eigenvalue weighted by Crippen LogP contribution is 2.31. The Bertz CT molecular complexity index is 328. The molecule has 0 aromatic heterocycles. The molecular formula is C17H28. The summed E-state index contributed by atoms with van der Waals surface area (Å²) in [6.45, 7) is 13.8. The minimum atomic E-state index is 0.274. The summed E-state index contributed by atoms with van der Waals surface area (Å²) in [6, 6.07) is 9.25. The number of hydrogen-bond donors (Lipinski definition) is 0. The maximum atomic E-state index is 2.33. The van der Waals surface area contributed by atoms with E-state index in [4.69, 9.17) is 0 Å². The van der Waals surface area contributed by atoms with E-state index in [2.05, 4.69) is 65.8 Å². The average Bonchev–Trinajstić information content (AvgIpc) is 2.26. The van der Waals surface area contributed by atoms with Crippen LogP contribution in [0.2, 0.25) is 0 Å². The zero-order valence-corrected chi connectivity index (χ0v) is 12.4. The van der Waals surface area contributed by atoms with Crippen LogP contribution in [0.3, 0.4) is 0 Å². The minimum Gasteiger partial charge on any atom is -0.0628 e. The van der Waals surface area contributed by atoms with Crippen LogP contribution in [0.4, 0.5) is 0 Å². The molecule has 0 aliphatic rings. The van der Waals surface area contributed by atoms with Crippen LogP contribution in [0.5, 0.6) is 0 Å². The Morgan fingerprint density at radius 1 is 0.941 bits per heavy atom. The lowest BCUT2D eigenvalue weighted by Crippen LogP contribution is -2.24. The van der Waals surface area contributed by atoms with Crippen LogP contribution in [0.25, 0.3) is 0 Å². The lowest BCUT2D eigenvalue weighted by molar-refractivity contribution is 0.372. The molecule has 1 aromatic rings. The van der Waals surface area contributed by atoms with Gasteiger partial charge in [0.2, 0.25) is 0 Å². The van der Waals surface area contributed by atoms with Crippen molar-refractivity contribution >= 4 is 0 Å². The molecule has 0 saturated heterocycles. The highest BCUT2D eigenvalue weighted by molar-refractivity contribution is 5.28. The molecule has 0 saturated carbocycles. The molecule has 0 heteroatoms. The van der Waals surface area contributed by atoms with E-state index in [0.717, 1.165) is 5.92 Å². The molecule has 0 nitrogen and oxygen atoms in total. The topological polar surface area (TPSA) is 0 Å². The van der Waals surface area contributed by atoms with Crippen LogP contribution in [0, 0.1) is 11.8 Å². The fourth-order valence-electron chi connectivity index (χ4n) is 1.89. The van der Waals surface area contributed by atoms with Gasteiger partial charge >= 0.3 is 0 Å². The van der Waals surface area contributed by atoms with Crippen molar-refractivity contribution < 1.29 is 0 Å². The summed E-state index contributed by atoms with van der Waals surface area (Å²) < 4.78 is 0. The molecule has 0 atom stereocenters. The second kappa shape index (κ2) is 5.71. The van der Waals surface area contributed by atoms with Crippen molar-refractivity contribution in [2.24, 2.45) is 11.8 Å². The van der Waals surface area contributed by atoms with E-state index in [1.165, 1.54) is 24.0 Å². The van der Waals surface area contributed by atoms with Crippen LogP contribution in [0.1, 0.15) is 59.1 Å². The third-order valence-corrected chi connectivity index (χ3v) is 4.15. The third-order valence-electron chi connectivity index (χ3n) is 4.15. The molecule has 0 unspecified atom stereocenters. The summed E-state index contributed by atoms with van der Waals surface area (Å²) in [7, 11) is 0. The fourth-order valence-corrected chi connectivity index (χ4v) is 1.89. The van der Waals surface area contributed by atoms with Gasteiger partial charge in [0.25, 0.3) is 0 Å². The largest absolute Gasteiger partial charge is 0.0628 e. The smallest absolute Gasteiger partial charge is 0.00806 e. The molecule has 0 heterocycles. The summed E-state index contributed by atoms with van der Waals surface area (Å²) in [5.41, 5.74) is 3.21. The Hall–Kier alpha value is -0.780. The lowest BCUT2D eigenvalue weighted by Gasteiger charge is -2.30. The molecule has 96 valence electrons. The van der Waals surface area contributed by atoms with Crippen LogP contribution >= 0.6 is 0 Å². The van der Waals surface area contributed by atoms with Crippen molar-refractivity contribution in [1.82, 2.24) is 0 Å². The average molecular weight is 232 g/mol. The van der Waals surface area contributed by atoms with Gasteiger partial charge in [-0.3, -0.25) is 0 Å². The van der Waals surface area contributed by atoms with E-state index in [-0.39, 0.29) is 5.41 Å². The van der Waals surface area contributed by atoms with E-state index in [1.807, 2.05) is 0 Å². The molecule has 0 aliphatic carbocycles. The first-order chi connectivity index (χ1) is 7.84. The first-order valence-electron chi connectivity index (χ1n) is 6.93. The summed E-state index contributed by atoms with van der Waals surface area (Å²) in [4.78, 5) is 0. The van der Waals surface area contributed by atoms with Gasteiger partial charge in [0.15, 0.2) is 0 Å². The first kappa shape index (κ1) is 14.3. The zero-order chi connectivity index (χ0) is 13.1. The molecule has 0 fully saturated rings. The van der Waals surface area contributed by atoms with Gasteiger partial charge in [-0.1, -0.05) is 65.8 Å². The number of benzene rings is 1. The minimum absolute atomic E-state index is 0.274. The standard InChI is InChI=1S/C17H28/c1-13(2)7-8-15-9-11-16(12-10-15)17(5,6)14(3)4/h9-14H,7-8H2,1-6H3. The molecule has 0 aliphatic heterocycles. The van der Waals surface area contributed by atoms with E-state index in [9.17, 15) is 0 Å². The molecule has 1 rings (SSSR count). The predicted molar refractivity (Wildman–Crippen MR) is 77.5 cm³/mol. The Morgan fingerprint density at radius 2 is 1.47 bits per heavy atom. The van der Waals surface area contributed by atoms with Crippen LogP contribution in [-0.2, 0) is 11.8 Å². The summed E-state index contributed by atoms with van der Waals surface area (Å²) in [6.07, 6.45) is 2.49. The second-order valence-electron chi connectivity index (χ2n) is 6.51. The van der Waals surface area contributed by atoms with Crippen molar-refractivity contribution in [3.8, 4) is 0 Å². The summed E-state index contributed by atoms with van der Waals surface area (Å²) in [5.74, 6) is 1.46. The number of hydrogen-bond acceptors (Lipinski definition) is 0. The summed E-state index contributed by atoms with van der Waals surface area (Å²) >= 11 is 0. The van der Waals surface area contributed by atoms with Crippen molar-refractivity contribution in [2.45, 2.75) is 59.8 Å². The Morgan fingerprint density at radius 3 is 1.88 bits per heavy atom. The van der Waals surface area contributed by atoms with Crippen LogP contribution < -0.4 is 0 Å². The van der Waals surface area contributed by atoms with Crippen molar-refractivity contribution in [2.75, 3.05) is 0 Å². The monoisotopic (exact) mass is 232 g/mol. The predicted octanol–water partition coefficient (Wildman–Crippen LogP) is 5.21. The first-order valence-corrected chi connectivity index (χ1v) is 6.93. The Labute approximate surface area is 107 Å². The lowest BCUT2D eigenvalue weighted by atomic mass is 9.75. The maximum absolute atomic E-state index is 2.33. The van der Waals surface area contributed by atoms with Crippen LogP contribution in [-0.4, -0.2) is 0 Å². The van der Waals surface area contributed by atoms with Gasteiger partial charge in [-0.25, -0.2) is 0 Å². The van der Waals surface area contributed by atoms with Gasteiger partial charge in [0.05, 0.1) is 0 Å². The molecule has 1 aromatic carbocycles. The van der Waals surface area contributed by atoms with E-state index in [0.29, 0.717) is 5.92 Å². The quantitative estimate of drug-likeness (QED) is 0.654. The maximum Gasteiger partial charge on any atom is -0.00806 e. The second-order valence-corrected chi connectivity index (χ2v) is 6.51. The molecule has 0 bridgehead atoms. The van der Waals surface area contributed by atoms with Gasteiger partial charge in [-0.15, -0.1) is 0 Å². The molecular weight excluding hydrogens is 204 g/mol. The normalized spacial score (nSPS) is 12.5. The molecule has 0 spiro atoms. The highest BCUT2D eigenvalue weighted by Gasteiger charge is 2.24. The SMILES string of the molecule is CC(C)CCc1ccc(C(C)(C)C(C)C)cc1. The van der Waals surface area contributed by atoms with Crippen molar-refractivity contribution in [3.63, 3.8) is 0 Å². The number of rotatable bonds is 5. The van der Waals surface area contributed by atoms with E-state index in [1.54, 1.807) is 0 Å². The molecule has 0 amide bonds. The third kappa shape index (κ3) is 3.87. The van der Waals surface area contributed by atoms with Gasteiger partial charge in [-0.05, 0) is 41.2 Å².